The Labute approximate surface area is 200 Å². The predicted molar refractivity (Wildman–Crippen MR) is 131 cm³/mol. The molecule has 1 aliphatic rings. The molecule has 0 unspecified atom stereocenters. The van der Waals surface area contributed by atoms with Crippen LogP contribution < -0.4 is 15.5 Å². The van der Waals surface area contributed by atoms with Crippen molar-refractivity contribution in [1.82, 2.24) is 19.9 Å². The lowest BCUT2D eigenvalue weighted by Gasteiger charge is -2.20. The van der Waals surface area contributed by atoms with Crippen molar-refractivity contribution >= 4 is 45.6 Å². The molecule has 0 fully saturated rings. The first-order valence-electron chi connectivity index (χ1n) is 11.1. The van der Waals surface area contributed by atoms with Gasteiger partial charge in [-0.1, -0.05) is 6.07 Å². The maximum absolute atomic E-state index is 13.6. The van der Waals surface area contributed by atoms with E-state index in [0.717, 1.165) is 35.5 Å². The molecule has 2 aromatic carbocycles. The number of anilines is 5. The van der Waals surface area contributed by atoms with Crippen LogP contribution in [-0.4, -0.2) is 52.9 Å². The Balaban J connectivity index is 1.33. The number of hydrogen-bond acceptors (Lipinski definition) is 7. The molecule has 0 aliphatic carbocycles. The van der Waals surface area contributed by atoms with Gasteiger partial charge in [-0.2, -0.15) is 4.98 Å². The molecule has 2 N–H and O–H groups in total. The zero-order valence-electron chi connectivity index (χ0n) is 19.2. The number of nitrogens with one attached hydrogen (secondary N) is 2. The van der Waals surface area contributed by atoms with Crippen molar-refractivity contribution < 1.29 is 13.6 Å². The van der Waals surface area contributed by atoms with Crippen LogP contribution in [0.4, 0.5) is 37.6 Å². The van der Waals surface area contributed by atoms with Crippen molar-refractivity contribution in [2.75, 3.05) is 42.7 Å². The van der Waals surface area contributed by atoms with E-state index in [1.807, 2.05) is 37.2 Å². The summed E-state index contributed by atoms with van der Waals surface area (Å²) in [5.74, 6) is -0.952. The average Bonchev–Trinajstić information content (AvgIpc) is 3.23. The smallest absolute Gasteiger partial charge is 0.241 e. The number of likely N-dealkylation sites (N-methyl/N-ethyl adjacent to an activating group) is 1. The van der Waals surface area contributed by atoms with Gasteiger partial charge in [-0.25, -0.2) is 13.8 Å². The van der Waals surface area contributed by atoms with Crippen LogP contribution in [0.3, 0.4) is 0 Å². The van der Waals surface area contributed by atoms with Gasteiger partial charge in [0.1, 0.15) is 5.82 Å². The van der Waals surface area contributed by atoms with Gasteiger partial charge in [-0.3, -0.25) is 9.78 Å². The number of fused-ring (bicyclic) bond motifs is 2. The van der Waals surface area contributed by atoms with E-state index in [4.69, 9.17) is 0 Å². The first-order valence-corrected chi connectivity index (χ1v) is 11.1. The zero-order valence-corrected chi connectivity index (χ0v) is 19.2. The van der Waals surface area contributed by atoms with Crippen LogP contribution in [0.5, 0.6) is 0 Å². The van der Waals surface area contributed by atoms with Crippen molar-refractivity contribution in [3.63, 3.8) is 0 Å². The zero-order chi connectivity index (χ0) is 24.5. The molecule has 0 saturated heterocycles. The summed E-state index contributed by atoms with van der Waals surface area (Å²) in [6.45, 7) is 1.01. The lowest BCUT2D eigenvalue weighted by molar-refractivity contribution is -0.119. The Kier molecular flexibility index (Phi) is 5.96. The quantitative estimate of drug-likeness (QED) is 0.431. The molecular formula is C25H23F2N7O. The number of nitrogens with zero attached hydrogens (tertiary/aromatic N) is 5. The fourth-order valence-electron chi connectivity index (χ4n) is 4.03. The normalized spacial score (nSPS) is 12.8. The Bertz CT molecular complexity index is 1430. The Hall–Kier alpha value is -4.18. The summed E-state index contributed by atoms with van der Waals surface area (Å²) in [6.07, 6.45) is 3.94. The van der Waals surface area contributed by atoms with Gasteiger partial charge < -0.3 is 20.4 Å². The molecule has 3 heterocycles. The summed E-state index contributed by atoms with van der Waals surface area (Å²) in [7, 11) is 3.74. The molecular weight excluding hydrogens is 452 g/mol. The van der Waals surface area contributed by atoms with Crippen molar-refractivity contribution in [2.24, 2.45) is 0 Å². The molecule has 0 spiro atoms. The number of carbonyl (C=O) groups is 1. The number of benzene rings is 2. The highest BCUT2D eigenvalue weighted by atomic mass is 19.2. The van der Waals surface area contributed by atoms with Crippen LogP contribution in [0.25, 0.3) is 10.9 Å². The predicted octanol–water partition coefficient (Wildman–Crippen LogP) is 4.24. The standard InChI is InChI=1S/C25H23F2N7O/c1-33(2)14-24(35)34-8-6-15-3-4-17(11-22(15)34)31-25-28-7-5-23(32-25)30-18-9-16-10-19(26)20(27)12-21(16)29-13-18/h3-5,7,9-13H,6,8,14H2,1-2H3,(H2,28,30,31,32). The van der Waals surface area contributed by atoms with Crippen LogP contribution in [0.1, 0.15) is 5.56 Å². The molecule has 8 nitrogen and oxygen atoms in total. The van der Waals surface area contributed by atoms with Gasteiger partial charge in [0.05, 0.1) is 23.9 Å². The van der Waals surface area contributed by atoms with Crippen LogP contribution >= 0.6 is 0 Å². The first-order chi connectivity index (χ1) is 16.9. The Morgan fingerprint density at radius 2 is 1.86 bits per heavy atom. The van der Waals surface area contributed by atoms with Crippen molar-refractivity contribution in [3.05, 3.63) is 72.1 Å². The minimum atomic E-state index is -0.936. The second-order valence-corrected chi connectivity index (χ2v) is 8.58. The van der Waals surface area contributed by atoms with Gasteiger partial charge in [0.15, 0.2) is 11.6 Å². The maximum Gasteiger partial charge on any atom is 0.241 e. The lowest BCUT2D eigenvalue weighted by atomic mass is 10.1. The molecule has 35 heavy (non-hydrogen) atoms. The molecule has 0 bridgehead atoms. The third kappa shape index (κ3) is 4.87. The summed E-state index contributed by atoms with van der Waals surface area (Å²) in [6, 6.07) is 11.4. The molecule has 10 heteroatoms. The summed E-state index contributed by atoms with van der Waals surface area (Å²) >= 11 is 0. The fourth-order valence-corrected chi connectivity index (χ4v) is 4.03. The molecule has 4 aromatic rings. The van der Waals surface area contributed by atoms with E-state index in [9.17, 15) is 13.6 Å². The van der Waals surface area contributed by atoms with Gasteiger partial charge in [-0.15, -0.1) is 0 Å². The fraction of sp³-hybridized carbons (Fsp3) is 0.200. The molecule has 0 saturated carbocycles. The van der Waals surface area contributed by atoms with Crippen molar-refractivity contribution in [3.8, 4) is 0 Å². The maximum atomic E-state index is 13.6. The highest BCUT2D eigenvalue weighted by molar-refractivity contribution is 5.97. The molecule has 1 aliphatic heterocycles. The highest BCUT2D eigenvalue weighted by Crippen LogP contribution is 2.32. The van der Waals surface area contributed by atoms with Gasteiger partial charge >= 0.3 is 0 Å². The first kappa shape index (κ1) is 22.6. The van der Waals surface area contributed by atoms with Crippen LogP contribution in [0, 0.1) is 11.6 Å². The number of carbonyl (C=O) groups excluding carboxylic acids is 1. The molecule has 2 aromatic heterocycles. The number of rotatable bonds is 6. The van der Waals surface area contributed by atoms with E-state index >= 15 is 0 Å². The van der Waals surface area contributed by atoms with Crippen molar-refractivity contribution in [2.45, 2.75) is 6.42 Å². The summed E-state index contributed by atoms with van der Waals surface area (Å²) in [5, 5.41) is 6.76. The number of halogens is 2. The minimum Gasteiger partial charge on any atom is -0.339 e. The van der Waals surface area contributed by atoms with Gasteiger partial charge in [-0.05, 0) is 56.4 Å². The number of aromatic nitrogens is 3. The molecule has 1 amide bonds. The SMILES string of the molecule is CN(C)CC(=O)N1CCc2ccc(Nc3nccc(Nc4cnc5cc(F)c(F)cc5c4)n3)cc21. The number of amides is 1. The second-order valence-electron chi connectivity index (χ2n) is 8.58. The van der Waals surface area contributed by atoms with Gasteiger partial charge in [0, 0.05) is 35.6 Å². The minimum absolute atomic E-state index is 0.0555. The van der Waals surface area contributed by atoms with E-state index in [0.29, 0.717) is 41.4 Å². The van der Waals surface area contributed by atoms with E-state index in [-0.39, 0.29) is 5.91 Å². The van der Waals surface area contributed by atoms with Crippen molar-refractivity contribution in [1.29, 1.82) is 0 Å². The van der Waals surface area contributed by atoms with Gasteiger partial charge in [0.2, 0.25) is 11.9 Å². The Morgan fingerprint density at radius 3 is 2.69 bits per heavy atom. The summed E-state index contributed by atoms with van der Waals surface area (Å²) in [4.78, 5) is 29.2. The van der Waals surface area contributed by atoms with Gasteiger partial charge in [0.25, 0.3) is 0 Å². The number of pyridine rings is 1. The summed E-state index contributed by atoms with van der Waals surface area (Å²) in [5.41, 5.74) is 3.70. The third-order valence-corrected chi connectivity index (χ3v) is 5.64. The average molecular weight is 476 g/mol. The third-order valence-electron chi connectivity index (χ3n) is 5.64. The van der Waals surface area contributed by atoms with E-state index in [1.54, 1.807) is 23.2 Å². The van der Waals surface area contributed by atoms with Crippen LogP contribution in [0.2, 0.25) is 0 Å². The lowest BCUT2D eigenvalue weighted by Crippen LogP contribution is -2.36. The van der Waals surface area contributed by atoms with E-state index < -0.39 is 11.6 Å². The Morgan fingerprint density at radius 1 is 1.03 bits per heavy atom. The van der Waals surface area contributed by atoms with E-state index in [2.05, 4.69) is 25.6 Å². The monoisotopic (exact) mass is 475 g/mol. The summed E-state index contributed by atoms with van der Waals surface area (Å²) < 4.78 is 27.0. The second kappa shape index (κ2) is 9.22. The van der Waals surface area contributed by atoms with E-state index in [1.165, 1.54) is 6.20 Å². The van der Waals surface area contributed by atoms with Crippen LogP contribution in [-0.2, 0) is 11.2 Å². The van der Waals surface area contributed by atoms with Crippen LogP contribution in [0.15, 0.2) is 54.9 Å². The largest absolute Gasteiger partial charge is 0.339 e. The topological polar surface area (TPSA) is 86.3 Å². The number of hydrogen-bond donors (Lipinski definition) is 2. The molecule has 0 atom stereocenters. The molecule has 178 valence electrons. The highest BCUT2D eigenvalue weighted by Gasteiger charge is 2.25. The molecule has 0 radical (unpaired) electrons. The molecule has 5 rings (SSSR count).